The van der Waals surface area contributed by atoms with E-state index >= 15 is 0 Å². The maximum absolute atomic E-state index is 11.6. The normalized spacial score (nSPS) is 11.1. The summed E-state index contributed by atoms with van der Waals surface area (Å²) < 4.78 is 26.5. The number of rotatable bonds is 8. The SMILES string of the molecule is CCOC(=O)CCN(C)C(=O)CCCS(C)(=O)=O. The van der Waals surface area contributed by atoms with Gasteiger partial charge in [0.15, 0.2) is 0 Å². The van der Waals surface area contributed by atoms with Crippen LogP contribution in [0.3, 0.4) is 0 Å². The Morgan fingerprint density at radius 2 is 1.83 bits per heavy atom. The van der Waals surface area contributed by atoms with Crippen LogP contribution >= 0.6 is 0 Å². The summed E-state index contributed by atoms with van der Waals surface area (Å²) in [7, 11) is -1.44. The first-order chi connectivity index (χ1) is 8.26. The van der Waals surface area contributed by atoms with E-state index in [0.717, 1.165) is 6.26 Å². The van der Waals surface area contributed by atoms with E-state index in [9.17, 15) is 18.0 Å². The first-order valence-corrected chi connectivity index (χ1v) is 7.89. The zero-order valence-corrected chi connectivity index (χ0v) is 12.0. The third kappa shape index (κ3) is 8.98. The molecule has 0 aliphatic carbocycles. The standard InChI is InChI=1S/C11H21NO5S/c1-4-17-11(14)7-8-12(2)10(13)6-5-9-18(3,15)16/h4-9H2,1-3H3. The molecule has 0 aromatic carbocycles. The first kappa shape index (κ1) is 16.9. The monoisotopic (exact) mass is 279 g/mol. The van der Waals surface area contributed by atoms with Gasteiger partial charge in [-0.2, -0.15) is 0 Å². The quantitative estimate of drug-likeness (QED) is 0.594. The minimum atomic E-state index is -3.02. The molecular formula is C11H21NO5S. The van der Waals surface area contributed by atoms with Gasteiger partial charge in [0, 0.05) is 26.3 Å². The summed E-state index contributed by atoms with van der Waals surface area (Å²) in [4.78, 5) is 24.1. The molecule has 0 rings (SSSR count). The van der Waals surface area contributed by atoms with Crippen molar-refractivity contribution < 1.29 is 22.7 Å². The molecular weight excluding hydrogens is 258 g/mol. The molecule has 0 N–H and O–H groups in total. The van der Waals surface area contributed by atoms with Gasteiger partial charge in [-0.3, -0.25) is 9.59 Å². The molecule has 0 saturated carbocycles. The Morgan fingerprint density at radius 1 is 1.22 bits per heavy atom. The minimum Gasteiger partial charge on any atom is -0.466 e. The van der Waals surface area contributed by atoms with E-state index in [1.807, 2.05) is 0 Å². The van der Waals surface area contributed by atoms with E-state index in [2.05, 4.69) is 0 Å². The fraction of sp³-hybridized carbons (Fsp3) is 0.818. The van der Waals surface area contributed by atoms with Crippen LogP contribution in [-0.2, 0) is 24.2 Å². The first-order valence-electron chi connectivity index (χ1n) is 5.83. The third-order valence-corrected chi connectivity index (χ3v) is 3.32. The molecule has 0 aliphatic rings. The average molecular weight is 279 g/mol. The number of nitrogens with zero attached hydrogens (tertiary/aromatic N) is 1. The van der Waals surface area contributed by atoms with Crippen LogP contribution in [0.4, 0.5) is 0 Å². The Labute approximate surface area is 108 Å². The van der Waals surface area contributed by atoms with Crippen LogP contribution in [0, 0.1) is 0 Å². The van der Waals surface area contributed by atoms with Gasteiger partial charge < -0.3 is 9.64 Å². The van der Waals surface area contributed by atoms with Gasteiger partial charge in [-0.25, -0.2) is 8.42 Å². The lowest BCUT2D eigenvalue weighted by Crippen LogP contribution is -2.29. The van der Waals surface area contributed by atoms with E-state index in [0.29, 0.717) is 13.0 Å². The number of esters is 1. The van der Waals surface area contributed by atoms with Crippen molar-refractivity contribution in [3.05, 3.63) is 0 Å². The van der Waals surface area contributed by atoms with Gasteiger partial charge in [0.25, 0.3) is 0 Å². The molecule has 1 amide bonds. The van der Waals surface area contributed by atoms with Crippen molar-refractivity contribution in [2.75, 3.05) is 32.2 Å². The van der Waals surface area contributed by atoms with Crippen LogP contribution in [0.25, 0.3) is 0 Å². The van der Waals surface area contributed by atoms with Crippen molar-refractivity contribution >= 4 is 21.7 Å². The molecule has 0 bridgehead atoms. The molecule has 0 aromatic rings. The Hall–Kier alpha value is -1.11. The van der Waals surface area contributed by atoms with Gasteiger partial charge in [0.1, 0.15) is 9.84 Å². The maximum Gasteiger partial charge on any atom is 0.307 e. The summed E-state index contributed by atoms with van der Waals surface area (Å²) in [6.07, 6.45) is 1.78. The van der Waals surface area contributed by atoms with Gasteiger partial charge >= 0.3 is 5.97 Å². The number of carbonyl (C=O) groups is 2. The van der Waals surface area contributed by atoms with Gasteiger partial charge in [-0.1, -0.05) is 0 Å². The molecule has 0 heterocycles. The fourth-order valence-electron chi connectivity index (χ4n) is 1.29. The van der Waals surface area contributed by atoms with Gasteiger partial charge in [0.2, 0.25) is 5.91 Å². The molecule has 7 heteroatoms. The van der Waals surface area contributed by atoms with E-state index in [4.69, 9.17) is 4.74 Å². The Balaban J connectivity index is 3.86. The fourth-order valence-corrected chi connectivity index (χ4v) is 1.96. The number of hydrogen-bond donors (Lipinski definition) is 0. The van der Waals surface area contributed by atoms with Crippen molar-refractivity contribution in [2.24, 2.45) is 0 Å². The molecule has 0 aliphatic heterocycles. The number of sulfone groups is 1. The van der Waals surface area contributed by atoms with Crippen LogP contribution in [0.5, 0.6) is 0 Å². The second kappa shape index (κ2) is 8.07. The highest BCUT2D eigenvalue weighted by molar-refractivity contribution is 7.90. The Morgan fingerprint density at radius 3 is 2.33 bits per heavy atom. The largest absolute Gasteiger partial charge is 0.466 e. The second-order valence-electron chi connectivity index (χ2n) is 4.10. The molecule has 6 nitrogen and oxygen atoms in total. The molecule has 0 fully saturated rings. The third-order valence-electron chi connectivity index (χ3n) is 2.29. The van der Waals surface area contributed by atoms with Crippen molar-refractivity contribution in [3.63, 3.8) is 0 Å². The summed E-state index contributed by atoms with van der Waals surface area (Å²) in [6.45, 7) is 2.33. The summed E-state index contributed by atoms with van der Waals surface area (Å²) in [5.41, 5.74) is 0. The second-order valence-corrected chi connectivity index (χ2v) is 6.36. The zero-order chi connectivity index (χ0) is 14.2. The van der Waals surface area contributed by atoms with Crippen molar-refractivity contribution in [2.45, 2.75) is 26.2 Å². The van der Waals surface area contributed by atoms with Crippen LogP contribution in [0.2, 0.25) is 0 Å². The number of hydrogen-bond acceptors (Lipinski definition) is 5. The molecule has 106 valence electrons. The summed E-state index contributed by atoms with van der Waals surface area (Å²) in [5, 5.41) is 0. The highest BCUT2D eigenvalue weighted by atomic mass is 32.2. The molecule has 0 saturated heterocycles. The topological polar surface area (TPSA) is 80.8 Å². The van der Waals surface area contributed by atoms with Gasteiger partial charge in [-0.15, -0.1) is 0 Å². The lowest BCUT2D eigenvalue weighted by Gasteiger charge is -2.16. The molecule has 0 spiro atoms. The van der Waals surface area contributed by atoms with Crippen LogP contribution in [0.1, 0.15) is 26.2 Å². The van der Waals surface area contributed by atoms with Gasteiger partial charge in [-0.05, 0) is 13.3 Å². The minimum absolute atomic E-state index is 0.00442. The predicted octanol–water partition coefficient (Wildman–Crippen LogP) is 0.223. The highest BCUT2D eigenvalue weighted by Crippen LogP contribution is 2.00. The smallest absolute Gasteiger partial charge is 0.307 e. The average Bonchev–Trinajstić information content (AvgIpc) is 2.24. The van der Waals surface area contributed by atoms with Crippen LogP contribution < -0.4 is 0 Å². The number of ether oxygens (including phenoxy) is 1. The lowest BCUT2D eigenvalue weighted by molar-refractivity contribution is -0.143. The Kier molecular flexibility index (Phi) is 7.58. The summed E-state index contributed by atoms with van der Waals surface area (Å²) >= 11 is 0. The lowest BCUT2D eigenvalue weighted by atomic mass is 10.3. The van der Waals surface area contributed by atoms with E-state index < -0.39 is 9.84 Å². The summed E-state index contributed by atoms with van der Waals surface area (Å²) in [5.74, 6) is -0.499. The predicted molar refractivity (Wildman–Crippen MR) is 67.8 cm³/mol. The van der Waals surface area contributed by atoms with E-state index in [-0.39, 0.29) is 37.0 Å². The van der Waals surface area contributed by atoms with Crippen LogP contribution in [0.15, 0.2) is 0 Å². The van der Waals surface area contributed by atoms with Crippen LogP contribution in [-0.4, -0.2) is 57.4 Å². The van der Waals surface area contributed by atoms with Crippen molar-refractivity contribution in [3.8, 4) is 0 Å². The molecule has 0 radical (unpaired) electrons. The van der Waals surface area contributed by atoms with E-state index in [1.165, 1.54) is 4.90 Å². The van der Waals surface area contributed by atoms with Gasteiger partial charge in [0.05, 0.1) is 18.8 Å². The molecule has 0 aromatic heterocycles. The molecule has 0 unspecified atom stereocenters. The summed E-state index contributed by atoms with van der Waals surface area (Å²) in [6, 6.07) is 0. The number of carbonyl (C=O) groups excluding carboxylic acids is 2. The number of amides is 1. The van der Waals surface area contributed by atoms with Crippen molar-refractivity contribution in [1.82, 2.24) is 4.90 Å². The molecule has 0 atom stereocenters. The highest BCUT2D eigenvalue weighted by Gasteiger charge is 2.12. The van der Waals surface area contributed by atoms with Crippen molar-refractivity contribution in [1.29, 1.82) is 0 Å². The Bertz CT molecular complexity index is 377. The zero-order valence-electron chi connectivity index (χ0n) is 11.1. The molecule has 18 heavy (non-hydrogen) atoms. The van der Waals surface area contributed by atoms with E-state index in [1.54, 1.807) is 14.0 Å². The maximum atomic E-state index is 11.6.